The Bertz CT molecular complexity index is 316. The van der Waals surface area contributed by atoms with Gasteiger partial charge in [0.2, 0.25) is 0 Å². The Morgan fingerprint density at radius 2 is 1.73 bits per heavy atom. The van der Waals surface area contributed by atoms with Crippen LogP contribution in [0.5, 0.6) is 0 Å². The lowest BCUT2D eigenvalue weighted by molar-refractivity contribution is 0.290. The molecule has 2 nitrogen and oxygen atoms in total. The molecule has 82 valence electrons. The molecule has 2 N–H and O–H groups in total. The summed E-state index contributed by atoms with van der Waals surface area (Å²) >= 11 is 0. The first-order chi connectivity index (χ1) is 6.84. The second-order valence-electron chi connectivity index (χ2n) is 4.58. The molecule has 0 aromatic heterocycles. The highest BCUT2D eigenvalue weighted by molar-refractivity contribution is 5.85. The summed E-state index contributed by atoms with van der Waals surface area (Å²) in [7, 11) is 0. The molecule has 3 rings (SSSR count). The molecule has 0 bridgehead atoms. The Labute approximate surface area is 96.9 Å². The molecule has 15 heavy (non-hydrogen) atoms. The van der Waals surface area contributed by atoms with Gasteiger partial charge in [0.05, 0.1) is 0 Å². The Morgan fingerprint density at radius 3 is 2.33 bits per heavy atom. The van der Waals surface area contributed by atoms with Gasteiger partial charge in [0.15, 0.2) is 0 Å². The molecule has 1 saturated carbocycles. The van der Waals surface area contributed by atoms with E-state index in [2.05, 4.69) is 35.2 Å². The first-order valence-electron chi connectivity index (χ1n) is 5.36. The number of fused-ring (bicyclic) bond motifs is 1. The van der Waals surface area contributed by atoms with Crippen molar-refractivity contribution in [1.29, 1.82) is 0 Å². The Hall–Kier alpha value is -0.570. The second-order valence-corrected chi connectivity index (χ2v) is 4.58. The average molecular weight is 225 g/mol. The summed E-state index contributed by atoms with van der Waals surface area (Å²) in [5, 5.41) is 0. The summed E-state index contributed by atoms with van der Waals surface area (Å²) in [5.41, 5.74) is 7.32. The first kappa shape index (κ1) is 10.9. The largest absolute Gasteiger partial charge is 0.327 e. The summed E-state index contributed by atoms with van der Waals surface area (Å²) in [6.07, 6.45) is 0. The van der Waals surface area contributed by atoms with E-state index in [1.54, 1.807) is 0 Å². The van der Waals surface area contributed by atoms with E-state index in [0.29, 0.717) is 6.04 Å². The Kier molecular flexibility index (Phi) is 3.01. The molecule has 2 unspecified atom stereocenters. The normalized spacial score (nSPS) is 33.3. The molecule has 1 aromatic rings. The lowest BCUT2D eigenvalue weighted by atomic mass is 10.2. The van der Waals surface area contributed by atoms with Crippen LogP contribution in [0.4, 0.5) is 0 Å². The SMILES string of the molecule is Cl.NC1C2CN(Cc3ccccc3)CC12. The smallest absolute Gasteiger partial charge is 0.0233 e. The third-order valence-corrected chi connectivity index (χ3v) is 3.58. The molecule has 3 heteroatoms. The van der Waals surface area contributed by atoms with Crippen LogP contribution in [-0.4, -0.2) is 24.0 Å². The van der Waals surface area contributed by atoms with Crippen molar-refractivity contribution in [3.8, 4) is 0 Å². The maximum absolute atomic E-state index is 5.90. The van der Waals surface area contributed by atoms with Crippen molar-refractivity contribution in [3.05, 3.63) is 35.9 Å². The van der Waals surface area contributed by atoms with Crippen molar-refractivity contribution in [2.45, 2.75) is 12.6 Å². The number of halogens is 1. The van der Waals surface area contributed by atoms with Gasteiger partial charge >= 0.3 is 0 Å². The monoisotopic (exact) mass is 224 g/mol. The quantitative estimate of drug-likeness (QED) is 0.825. The van der Waals surface area contributed by atoms with Crippen molar-refractivity contribution in [3.63, 3.8) is 0 Å². The van der Waals surface area contributed by atoms with Crippen molar-refractivity contribution in [2.75, 3.05) is 13.1 Å². The number of nitrogens with zero attached hydrogens (tertiary/aromatic N) is 1. The van der Waals surface area contributed by atoms with Gasteiger partial charge in [-0.2, -0.15) is 0 Å². The molecule has 1 heterocycles. The molecule has 0 radical (unpaired) electrons. The van der Waals surface area contributed by atoms with Gasteiger partial charge in [-0.1, -0.05) is 30.3 Å². The van der Waals surface area contributed by atoms with E-state index < -0.39 is 0 Å². The number of likely N-dealkylation sites (tertiary alicyclic amines) is 1. The second kappa shape index (κ2) is 4.12. The summed E-state index contributed by atoms with van der Waals surface area (Å²) in [5.74, 6) is 1.61. The van der Waals surface area contributed by atoms with Crippen LogP contribution in [0, 0.1) is 11.8 Å². The van der Waals surface area contributed by atoms with E-state index in [1.807, 2.05) is 0 Å². The highest BCUT2D eigenvalue weighted by Gasteiger charge is 2.53. The predicted molar refractivity (Wildman–Crippen MR) is 63.9 cm³/mol. The van der Waals surface area contributed by atoms with Gasteiger partial charge < -0.3 is 5.73 Å². The zero-order valence-electron chi connectivity index (χ0n) is 8.67. The fourth-order valence-corrected chi connectivity index (χ4v) is 2.63. The van der Waals surface area contributed by atoms with Crippen molar-refractivity contribution < 1.29 is 0 Å². The van der Waals surface area contributed by atoms with Crippen LogP contribution in [0.15, 0.2) is 30.3 Å². The van der Waals surface area contributed by atoms with E-state index in [-0.39, 0.29) is 12.4 Å². The minimum Gasteiger partial charge on any atom is -0.327 e. The van der Waals surface area contributed by atoms with Crippen molar-refractivity contribution in [2.24, 2.45) is 17.6 Å². The van der Waals surface area contributed by atoms with Crippen LogP contribution in [0.2, 0.25) is 0 Å². The van der Waals surface area contributed by atoms with E-state index in [1.165, 1.54) is 18.7 Å². The maximum atomic E-state index is 5.90. The molecule has 1 aliphatic heterocycles. The lowest BCUT2D eigenvalue weighted by Gasteiger charge is -2.18. The fourth-order valence-electron chi connectivity index (χ4n) is 2.63. The number of rotatable bonds is 2. The van der Waals surface area contributed by atoms with Gasteiger partial charge in [-0.25, -0.2) is 0 Å². The van der Waals surface area contributed by atoms with Crippen molar-refractivity contribution in [1.82, 2.24) is 4.90 Å². The van der Waals surface area contributed by atoms with Gasteiger partial charge in [-0.05, 0) is 17.4 Å². The van der Waals surface area contributed by atoms with Crippen LogP contribution < -0.4 is 5.73 Å². The van der Waals surface area contributed by atoms with Gasteiger partial charge in [-0.15, -0.1) is 12.4 Å². The third-order valence-electron chi connectivity index (χ3n) is 3.58. The van der Waals surface area contributed by atoms with Crippen LogP contribution in [0.1, 0.15) is 5.56 Å². The number of hydrogen-bond donors (Lipinski definition) is 1. The molecule has 0 spiro atoms. The fraction of sp³-hybridized carbons (Fsp3) is 0.500. The van der Waals surface area contributed by atoms with Gasteiger partial charge in [-0.3, -0.25) is 4.90 Å². The summed E-state index contributed by atoms with van der Waals surface area (Å²) < 4.78 is 0. The highest BCUT2D eigenvalue weighted by Crippen LogP contribution is 2.44. The van der Waals surface area contributed by atoms with Crippen LogP contribution in [0.25, 0.3) is 0 Å². The molecule has 2 aliphatic rings. The first-order valence-corrected chi connectivity index (χ1v) is 5.36. The third kappa shape index (κ3) is 2.03. The number of hydrogen-bond acceptors (Lipinski definition) is 2. The predicted octanol–water partition coefficient (Wildman–Crippen LogP) is 1.50. The lowest BCUT2D eigenvalue weighted by Crippen LogP contribution is -2.27. The van der Waals surface area contributed by atoms with E-state index in [9.17, 15) is 0 Å². The van der Waals surface area contributed by atoms with Crippen LogP contribution in [0.3, 0.4) is 0 Å². The molecular weight excluding hydrogens is 208 g/mol. The van der Waals surface area contributed by atoms with Gasteiger partial charge in [0, 0.05) is 25.7 Å². The molecule has 1 saturated heterocycles. The molecule has 2 atom stereocenters. The van der Waals surface area contributed by atoms with Gasteiger partial charge in [0.1, 0.15) is 0 Å². The highest BCUT2D eigenvalue weighted by atomic mass is 35.5. The Balaban J connectivity index is 0.000000853. The molecule has 2 fully saturated rings. The van der Waals surface area contributed by atoms with Crippen LogP contribution in [-0.2, 0) is 6.54 Å². The number of benzene rings is 1. The maximum Gasteiger partial charge on any atom is 0.0233 e. The van der Waals surface area contributed by atoms with Crippen molar-refractivity contribution >= 4 is 12.4 Å². The van der Waals surface area contributed by atoms with Gasteiger partial charge in [0.25, 0.3) is 0 Å². The Morgan fingerprint density at radius 1 is 1.13 bits per heavy atom. The molecular formula is C12H17ClN2. The van der Waals surface area contributed by atoms with E-state index in [4.69, 9.17) is 5.73 Å². The zero-order valence-corrected chi connectivity index (χ0v) is 9.49. The van der Waals surface area contributed by atoms with E-state index >= 15 is 0 Å². The number of piperidine rings is 1. The topological polar surface area (TPSA) is 29.3 Å². The molecule has 0 amide bonds. The summed E-state index contributed by atoms with van der Waals surface area (Å²) in [6.45, 7) is 3.52. The average Bonchev–Trinajstić information content (AvgIpc) is 2.65. The molecule has 1 aromatic carbocycles. The minimum atomic E-state index is 0. The van der Waals surface area contributed by atoms with E-state index in [0.717, 1.165) is 18.4 Å². The summed E-state index contributed by atoms with van der Waals surface area (Å²) in [6, 6.07) is 11.2. The minimum absolute atomic E-state index is 0. The standard InChI is InChI=1S/C12H16N2.ClH/c13-12-10-7-14(8-11(10)12)6-9-4-2-1-3-5-9;/h1-5,10-12H,6-8,13H2;1H. The zero-order chi connectivity index (χ0) is 9.54. The molecule has 1 aliphatic carbocycles. The summed E-state index contributed by atoms with van der Waals surface area (Å²) in [4.78, 5) is 2.52. The number of nitrogens with two attached hydrogens (primary N) is 1. The van der Waals surface area contributed by atoms with Crippen LogP contribution >= 0.6 is 12.4 Å².